The molecule has 8 heteroatoms. The summed E-state index contributed by atoms with van der Waals surface area (Å²) in [5, 5.41) is 5.04. The molecule has 2 aromatic rings. The van der Waals surface area contributed by atoms with Gasteiger partial charge in [-0.05, 0) is 50.2 Å². The van der Waals surface area contributed by atoms with Gasteiger partial charge in [-0.3, -0.25) is 9.59 Å². The molecular weight excluding hydrogens is 484 g/mol. The van der Waals surface area contributed by atoms with Crippen LogP contribution >= 0.6 is 0 Å². The molecule has 1 fully saturated rings. The molecule has 1 aliphatic carbocycles. The minimum absolute atomic E-state index is 0.0606. The van der Waals surface area contributed by atoms with Crippen LogP contribution in [0.15, 0.2) is 60.7 Å². The second kappa shape index (κ2) is 14.3. The van der Waals surface area contributed by atoms with Crippen LogP contribution in [0.5, 0.6) is 0 Å². The molecule has 2 amide bonds. The zero-order valence-corrected chi connectivity index (χ0v) is 22.2. The van der Waals surface area contributed by atoms with Crippen molar-refractivity contribution in [2.45, 2.75) is 89.5 Å². The van der Waals surface area contributed by atoms with Crippen molar-refractivity contribution in [3.63, 3.8) is 0 Å². The van der Waals surface area contributed by atoms with Crippen molar-refractivity contribution < 1.29 is 28.7 Å². The maximum atomic E-state index is 13.0. The van der Waals surface area contributed by atoms with E-state index in [0.717, 1.165) is 43.2 Å². The summed E-state index contributed by atoms with van der Waals surface area (Å²) < 4.78 is 11.2. The molecule has 2 N–H and O–H groups in total. The molecule has 1 saturated carbocycles. The summed E-state index contributed by atoms with van der Waals surface area (Å²) in [5.74, 6) is -2.42. The molecule has 0 radical (unpaired) electrons. The number of carbonyl (C=O) groups excluding carboxylic acids is 4. The lowest BCUT2D eigenvalue weighted by Crippen LogP contribution is -2.52. The molecule has 0 aliphatic heterocycles. The topological polar surface area (TPSA) is 111 Å². The molecule has 0 aromatic heterocycles. The number of unbranched alkanes of at least 4 members (excludes halogenated alkanes) is 1. The zero-order chi connectivity index (χ0) is 27.4. The van der Waals surface area contributed by atoms with E-state index in [4.69, 9.17) is 9.47 Å². The van der Waals surface area contributed by atoms with E-state index in [-0.39, 0.29) is 13.0 Å². The van der Waals surface area contributed by atoms with Crippen LogP contribution in [0.1, 0.15) is 69.9 Å². The van der Waals surface area contributed by atoms with Crippen molar-refractivity contribution in [2.24, 2.45) is 0 Å². The molecular formula is C30H38N2O6. The fourth-order valence-corrected chi connectivity index (χ4v) is 4.69. The van der Waals surface area contributed by atoms with Crippen LogP contribution in [0.3, 0.4) is 0 Å². The maximum Gasteiger partial charge on any atom is 0.408 e. The Labute approximate surface area is 224 Å². The van der Waals surface area contributed by atoms with Crippen LogP contribution in [-0.2, 0) is 36.9 Å². The van der Waals surface area contributed by atoms with Gasteiger partial charge in [0.05, 0.1) is 0 Å². The average molecular weight is 523 g/mol. The van der Waals surface area contributed by atoms with Crippen molar-refractivity contribution in [1.29, 1.82) is 0 Å². The summed E-state index contributed by atoms with van der Waals surface area (Å²) in [6.07, 6.45) is 4.99. The van der Waals surface area contributed by atoms with Crippen LogP contribution < -0.4 is 10.6 Å². The van der Waals surface area contributed by atoms with Gasteiger partial charge in [-0.2, -0.15) is 0 Å². The second-order valence-corrected chi connectivity index (χ2v) is 9.93. The Morgan fingerprint density at radius 3 is 2.11 bits per heavy atom. The van der Waals surface area contributed by atoms with Crippen LogP contribution in [0.2, 0.25) is 0 Å². The first kappa shape index (κ1) is 28.9. The van der Waals surface area contributed by atoms with Crippen molar-refractivity contribution in [1.82, 2.24) is 10.6 Å². The number of alkyl carbamates (subject to hydrolysis) is 1. The second-order valence-electron chi connectivity index (χ2n) is 9.93. The molecule has 2 aromatic carbocycles. The van der Waals surface area contributed by atoms with E-state index >= 15 is 0 Å². The van der Waals surface area contributed by atoms with E-state index < -0.39 is 41.4 Å². The van der Waals surface area contributed by atoms with Crippen LogP contribution in [0, 0.1) is 0 Å². The smallest absolute Gasteiger partial charge is 0.408 e. The normalized spacial score (nSPS) is 15.6. The Bertz CT molecular complexity index is 1070. The summed E-state index contributed by atoms with van der Waals surface area (Å²) in [4.78, 5) is 51.0. The van der Waals surface area contributed by atoms with E-state index in [1.807, 2.05) is 67.6 Å². The van der Waals surface area contributed by atoms with Crippen molar-refractivity contribution in [3.05, 3.63) is 71.8 Å². The highest BCUT2D eigenvalue weighted by Crippen LogP contribution is 2.36. The summed E-state index contributed by atoms with van der Waals surface area (Å²) in [6, 6.07) is 16.9. The van der Waals surface area contributed by atoms with Crippen molar-refractivity contribution >= 4 is 23.8 Å². The highest BCUT2D eigenvalue weighted by Gasteiger charge is 2.39. The number of hydrogen-bond acceptors (Lipinski definition) is 6. The fraction of sp³-hybridized carbons (Fsp3) is 0.467. The van der Waals surface area contributed by atoms with Gasteiger partial charge in [0, 0.05) is 6.42 Å². The lowest BCUT2D eigenvalue weighted by molar-refractivity contribution is -0.149. The number of ketones is 1. The minimum atomic E-state index is -1.05. The quantitative estimate of drug-likeness (QED) is 0.293. The first-order valence-corrected chi connectivity index (χ1v) is 13.4. The third-order valence-corrected chi connectivity index (χ3v) is 6.80. The van der Waals surface area contributed by atoms with Gasteiger partial charge in [-0.15, -0.1) is 0 Å². The van der Waals surface area contributed by atoms with Crippen LogP contribution in [0.4, 0.5) is 4.79 Å². The molecule has 0 heterocycles. The zero-order valence-electron chi connectivity index (χ0n) is 22.2. The van der Waals surface area contributed by atoms with Crippen molar-refractivity contribution in [2.75, 3.05) is 0 Å². The van der Waals surface area contributed by atoms with E-state index in [1.165, 1.54) is 6.92 Å². The average Bonchev–Trinajstić information content (AvgIpc) is 3.37. The Morgan fingerprint density at radius 2 is 1.50 bits per heavy atom. The van der Waals surface area contributed by atoms with Gasteiger partial charge < -0.3 is 20.1 Å². The molecule has 2 atom stereocenters. The highest BCUT2D eigenvalue weighted by atomic mass is 16.6. The monoisotopic (exact) mass is 522 g/mol. The number of benzene rings is 2. The number of amides is 2. The number of Topliss-reactive ketones (excluding diaryl/α,β-unsaturated/α-hetero) is 1. The predicted molar refractivity (Wildman–Crippen MR) is 143 cm³/mol. The Kier molecular flexibility index (Phi) is 10.9. The number of hydrogen-bond donors (Lipinski definition) is 2. The fourth-order valence-electron chi connectivity index (χ4n) is 4.69. The molecule has 38 heavy (non-hydrogen) atoms. The third kappa shape index (κ3) is 8.71. The van der Waals surface area contributed by atoms with E-state index in [9.17, 15) is 19.2 Å². The van der Waals surface area contributed by atoms with E-state index in [1.54, 1.807) is 0 Å². The predicted octanol–water partition coefficient (Wildman–Crippen LogP) is 4.64. The molecule has 0 spiro atoms. The number of nitrogens with one attached hydrogen (secondary N) is 2. The maximum absolute atomic E-state index is 13.0. The minimum Gasteiger partial charge on any atom is -0.459 e. The molecule has 0 unspecified atom stereocenters. The van der Waals surface area contributed by atoms with E-state index in [2.05, 4.69) is 10.6 Å². The first-order valence-electron chi connectivity index (χ1n) is 13.4. The molecule has 8 nitrogen and oxygen atoms in total. The van der Waals surface area contributed by atoms with Crippen LogP contribution in [-0.4, -0.2) is 41.4 Å². The van der Waals surface area contributed by atoms with Gasteiger partial charge in [-0.25, -0.2) is 9.59 Å². The Balaban J connectivity index is 1.57. The first-order chi connectivity index (χ1) is 18.3. The van der Waals surface area contributed by atoms with Gasteiger partial charge in [0.2, 0.25) is 5.78 Å². The largest absolute Gasteiger partial charge is 0.459 e. The Hall–Kier alpha value is -3.68. The standard InChI is InChI=1S/C30H38N2O6/c1-3-4-17-25(26(33)27(34)31-22(2)28(35)37-21-24-15-9-6-10-16-24)32-29(36)38-30(18-11-12-19-30)20-23-13-7-5-8-14-23/h5-10,13-16,22,25H,3-4,11-12,17-21H2,1-2H3,(H,31,34)(H,32,36)/t22-,25-/m0/s1. The number of rotatable bonds is 13. The van der Waals surface area contributed by atoms with E-state index in [0.29, 0.717) is 12.8 Å². The summed E-state index contributed by atoms with van der Waals surface area (Å²) in [6.45, 7) is 3.47. The third-order valence-electron chi connectivity index (χ3n) is 6.80. The van der Waals surface area contributed by atoms with Gasteiger partial charge in [-0.1, -0.05) is 80.4 Å². The van der Waals surface area contributed by atoms with Gasteiger partial charge in [0.25, 0.3) is 5.91 Å². The van der Waals surface area contributed by atoms with Crippen molar-refractivity contribution in [3.8, 4) is 0 Å². The molecule has 0 bridgehead atoms. The van der Waals surface area contributed by atoms with Gasteiger partial charge in [0.15, 0.2) is 0 Å². The summed E-state index contributed by atoms with van der Waals surface area (Å²) in [7, 11) is 0. The Morgan fingerprint density at radius 1 is 0.895 bits per heavy atom. The number of ether oxygens (including phenoxy) is 2. The molecule has 204 valence electrons. The summed E-state index contributed by atoms with van der Waals surface area (Å²) >= 11 is 0. The molecule has 1 aliphatic rings. The lowest BCUT2D eigenvalue weighted by atomic mass is 9.92. The SMILES string of the molecule is CCCC[C@H](NC(=O)OC1(Cc2ccccc2)CCCC1)C(=O)C(=O)N[C@@H](C)C(=O)OCc1ccccc1. The van der Waals surface area contributed by atoms with Gasteiger partial charge >= 0.3 is 12.1 Å². The van der Waals surface area contributed by atoms with Gasteiger partial charge in [0.1, 0.15) is 24.3 Å². The highest BCUT2D eigenvalue weighted by molar-refractivity contribution is 6.38. The summed E-state index contributed by atoms with van der Waals surface area (Å²) in [5.41, 5.74) is 1.25. The molecule has 0 saturated heterocycles. The van der Waals surface area contributed by atoms with Crippen LogP contribution in [0.25, 0.3) is 0 Å². The molecule has 3 rings (SSSR count). The lowest BCUT2D eigenvalue weighted by Gasteiger charge is -2.30. The number of carbonyl (C=O) groups is 4. The number of esters is 1.